The number of rotatable bonds is 5. The summed E-state index contributed by atoms with van der Waals surface area (Å²) in [7, 11) is 0. The van der Waals surface area contributed by atoms with Gasteiger partial charge in [-0.2, -0.15) is 0 Å². The molecule has 2 N–H and O–H groups in total. The van der Waals surface area contributed by atoms with Gasteiger partial charge >= 0.3 is 0 Å². The number of benzene rings is 1. The molecule has 4 nitrogen and oxygen atoms in total. The van der Waals surface area contributed by atoms with Gasteiger partial charge < -0.3 is 14.8 Å². The molecule has 0 fully saturated rings. The van der Waals surface area contributed by atoms with Crippen LogP contribution in [0.5, 0.6) is 0 Å². The van der Waals surface area contributed by atoms with Crippen molar-refractivity contribution in [2.45, 2.75) is 25.6 Å². The van der Waals surface area contributed by atoms with E-state index in [1.54, 1.807) is 12.1 Å². The number of fused-ring (bicyclic) bond motifs is 1. The number of nitrogens with one attached hydrogen (secondary N) is 1. The van der Waals surface area contributed by atoms with Crippen molar-refractivity contribution in [3.63, 3.8) is 0 Å². The Balaban J connectivity index is 1.63. The van der Waals surface area contributed by atoms with E-state index in [1.807, 2.05) is 54.0 Å². The molecule has 0 radical (unpaired) electrons. The first-order valence-electron chi connectivity index (χ1n) is 7.23. The standard InChI is InChI=1S/C17H18ClN3O/c1-12(17(22)13-5-7-14(18)8-6-13)19-10-15-11-21-9-3-2-4-16(21)20-15/h2-9,11-12,17,19,22H,10H2,1H3. The topological polar surface area (TPSA) is 49.6 Å². The van der Waals surface area contributed by atoms with E-state index >= 15 is 0 Å². The Hall–Kier alpha value is -1.88. The summed E-state index contributed by atoms with van der Waals surface area (Å²) >= 11 is 5.87. The first-order valence-corrected chi connectivity index (χ1v) is 7.61. The summed E-state index contributed by atoms with van der Waals surface area (Å²) in [6, 6.07) is 13.1. The molecule has 2 atom stereocenters. The van der Waals surface area contributed by atoms with Gasteiger partial charge in [0, 0.05) is 30.0 Å². The Kier molecular flexibility index (Phi) is 4.43. The van der Waals surface area contributed by atoms with Gasteiger partial charge in [-0.25, -0.2) is 4.98 Å². The average Bonchev–Trinajstić information content (AvgIpc) is 2.95. The molecule has 22 heavy (non-hydrogen) atoms. The first kappa shape index (κ1) is 15.0. The molecule has 3 aromatic rings. The maximum atomic E-state index is 10.4. The van der Waals surface area contributed by atoms with Crippen molar-refractivity contribution in [3.05, 3.63) is 71.1 Å². The highest BCUT2D eigenvalue weighted by Gasteiger charge is 2.16. The van der Waals surface area contributed by atoms with Crippen molar-refractivity contribution >= 4 is 17.2 Å². The van der Waals surface area contributed by atoms with Crippen LogP contribution in [0.1, 0.15) is 24.3 Å². The number of aliphatic hydroxyl groups is 1. The van der Waals surface area contributed by atoms with Crippen molar-refractivity contribution in [1.82, 2.24) is 14.7 Å². The second-order valence-electron chi connectivity index (χ2n) is 5.36. The number of halogens is 1. The monoisotopic (exact) mass is 315 g/mol. The van der Waals surface area contributed by atoms with Gasteiger partial charge in [-0.15, -0.1) is 0 Å². The molecule has 0 saturated carbocycles. The molecular weight excluding hydrogens is 298 g/mol. The van der Waals surface area contributed by atoms with Gasteiger partial charge in [-0.1, -0.05) is 29.8 Å². The van der Waals surface area contributed by atoms with Crippen molar-refractivity contribution in [2.24, 2.45) is 0 Å². The van der Waals surface area contributed by atoms with Gasteiger partial charge in [0.05, 0.1) is 11.8 Å². The number of pyridine rings is 1. The normalized spacial score (nSPS) is 14.1. The fourth-order valence-corrected chi connectivity index (χ4v) is 2.52. The van der Waals surface area contributed by atoms with E-state index in [1.165, 1.54) is 0 Å². The van der Waals surface area contributed by atoms with E-state index < -0.39 is 6.10 Å². The maximum Gasteiger partial charge on any atom is 0.137 e. The zero-order chi connectivity index (χ0) is 15.5. The lowest BCUT2D eigenvalue weighted by atomic mass is 10.0. The largest absolute Gasteiger partial charge is 0.387 e. The van der Waals surface area contributed by atoms with Crippen LogP contribution in [0.15, 0.2) is 54.9 Å². The Morgan fingerprint density at radius 1 is 1.23 bits per heavy atom. The Morgan fingerprint density at radius 2 is 2.00 bits per heavy atom. The minimum absolute atomic E-state index is 0.0917. The fourth-order valence-electron chi connectivity index (χ4n) is 2.40. The molecule has 5 heteroatoms. The SMILES string of the molecule is CC(NCc1cn2ccccc2n1)C(O)c1ccc(Cl)cc1. The minimum Gasteiger partial charge on any atom is -0.387 e. The van der Waals surface area contributed by atoms with Gasteiger partial charge in [-0.3, -0.25) is 0 Å². The Labute approximate surface area is 134 Å². The number of hydrogen-bond donors (Lipinski definition) is 2. The molecule has 114 valence electrons. The van der Waals surface area contributed by atoms with Crippen LogP contribution in [0.4, 0.5) is 0 Å². The number of hydrogen-bond acceptors (Lipinski definition) is 3. The zero-order valence-corrected chi connectivity index (χ0v) is 13.0. The summed E-state index contributed by atoms with van der Waals surface area (Å²) in [5, 5.41) is 14.3. The lowest BCUT2D eigenvalue weighted by Crippen LogP contribution is -2.31. The van der Waals surface area contributed by atoms with E-state index in [0.717, 1.165) is 16.9 Å². The van der Waals surface area contributed by atoms with Crippen LogP contribution in [0.2, 0.25) is 5.02 Å². The van der Waals surface area contributed by atoms with Gasteiger partial charge in [0.25, 0.3) is 0 Å². The summed E-state index contributed by atoms with van der Waals surface area (Å²) in [5.74, 6) is 0. The molecule has 0 aliphatic carbocycles. The number of nitrogens with zero attached hydrogens (tertiary/aromatic N) is 2. The highest BCUT2D eigenvalue weighted by molar-refractivity contribution is 6.30. The van der Waals surface area contributed by atoms with Gasteiger partial charge in [0.15, 0.2) is 0 Å². The Morgan fingerprint density at radius 3 is 2.73 bits per heavy atom. The maximum absolute atomic E-state index is 10.4. The zero-order valence-electron chi connectivity index (χ0n) is 12.3. The van der Waals surface area contributed by atoms with E-state index in [4.69, 9.17) is 11.6 Å². The first-order chi connectivity index (χ1) is 10.6. The smallest absolute Gasteiger partial charge is 0.137 e. The third-order valence-electron chi connectivity index (χ3n) is 3.70. The fraction of sp³-hybridized carbons (Fsp3) is 0.235. The van der Waals surface area contributed by atoms with E-state index in [2.05, 4.69) is 10.3 Å². The number of aromatic nitrogens is 2. The van der Waals surface area contributed by atoms with E-state index in [9.17, 15) is 5.11 Å². The molecule has 3 rings (SSSR count). The Bertz CT molecular complexity index is 721. The van der Waals surface area contributed by atoms with Gasteiger partial charge in [-0.05, 0) is 36.8 Å². The molecule has 0 saturated heterocycles. The van der Waals surface area contributed by atoms with E-state index in [-0.39, 0.29) is 6.04 Å². The molecule has 0 aliphatic rings. The molecule has 2 unspecified atom stereocenters. The molecule has 0 amide bonds. The van der Waals surface area contributed by atoms with Crippen LogP contribution in [-0.4, -0.2) is 20.5 Å². The lowest BCUT2D eigenvalue weighted by Gasteiger charge is -2.20. The van der Waals surface area contributed by atoms with Crippen LogP contribution in [-0.2, 0) is 6.54 Å². The van der Waals surface area contributed by atoms with Crippen molar-refractivity contribution in [2.75, 3.05) is 0 Å². The molecule has 0 spiro atoms. The van der Waals surface area contributed by atoms with Crippen molar-refractivity contribution in [3.8, 4) is 0 Å². The molecule has 2 heterocycles. The summed E-state index contributed by atoms with van der Waals surface area (Å²) < 4.78 is 1.98. The van der Waals surface area contributed by atoms with Crippen LogP contribution in [0.25, 0.3) is 5.65 Å². The predicted octanol–water partition coefficient (Wildman–Crippen LogP) is 3.20. The third kappa shape index (κ3) is 3.30. The van der Waals surface area contributed by atoms with Crippen molar-refractivity contribution < 1.29 is 5.11 Å². The van der Waals surface area contributed by atoms with Crippen LogP contribution in [0, 0.1) is 0 Å². The summed E-state index contributed by atoms with van der Waals surface area (Å²) in [6.07, 6.45) is 3.37. The molecule has 2 aromatic heterocycles. The summed E-state index contributed by atoms with van der Waals surface area (Å²) in [5.41, 5.74) is 2.71. The molecule has 1 aromatic carbocycles. The van der Waals surface area contributed by atoms with Crippen LogP contribution >= 0.6 is 11.6 Å². The summed E-state index contributed by atoms with van der Waals surface area (Å²) in [6.45, 7) is 2.56. The van der Waals surface area contributed by atoms with Gasteiger partial charge in [0.2, 0.25) is 0 Å². The summed E-state index contributed by atoms with van der Waals surface area (Å²) in [4.78, 5) is 4.53. The van der Waals surface area contributed by atoms with Crippen LogP contribution < -0.4 is 5.32 Å². The van der Waals surface area contributed by atoms with Gasteiger partial charge in [0.1, 0.15) is 5.65 Å². The second-order valence-corrected chi connectivity index (χ2v) is 5.80. The molecule has 0 bridgehead atoms. The average molecular weight is 316 g/mol. The number of imidazole rings is 1. The van der Waals surface area contributed by atoms with Crippen LogP contribution in [0.3, 0.4) is 0 Å². The third-order valence-corrected chi connectivity index (χ3v) is 3.96. The van der Waals surface area contributed by atoms with Crippen molar-refractivity contribution in [1.29, 1.82) is 0 Å². The highest BCUT2D eigenvalue weighted by Crippen LogP contribution is 2.19. The molecular formula is C17H18ClN3O. The van der Waals surface area contributed by atoms with E-state index in [0.29, 0.717) is 11.6 Å². The quantitative estimate of drug-likeness (QED) is 0.760. The highest BCUT2D eigenvalue weighted by atomic mass is 35.5. The second kappa shape index (κ2) is 6.48. The molecule has 0 aliphatic heterocycles. The predicted molar refractivity (Wildman–Crippen MR) is 87.9 cm³/mol. The number of aliphatic hydroxyl groups excluding tert-OH is 1. The minimum atomic E-state index is -0.589. The lowest BCUT2D eigenvalue weighted by molar-refractivity contribution is 0.135.